The standard InChI is InChI=1S/C28H44N2O4/c1-18(2)11-19(3)12-20(4)13-22(6)23-14-26(33)29(27(23)34)16-21(5)15-28(7,8)17-30-24(31)9-10-25(30)32/h9-10,13-14,18-21,33-34H,11-12,15-17H2,1-8H3. The predicted octanol–water partition coefficient (Wildman–Crippen LogP) is 5.99. The zero-order chi connectivity index (χ0) is 25.8. The molecule has 0 aliphatic carbocycles. The number of aromatic nitrogens is 1. The zero-order valence-electron chi connectivity index (χ0n) is 22.3. The summed E-state index contributed by atoms with van der Waals surface area (Å²) >= 11 is 0. The monoisotopic (exact) mass is 472 g/mol. The van der Waals surface area contributed by atoms with E-state index in [2.05, 4.69) is 33.8 Å². The van der Waals surface area contributed by atoms with E-state index in [1.807, 2.05) is 27.7 Å². The van der Waals surface area contributed by atoms with E-state index < -0.39 is 0 Å². The number of nitrogens with zero attached hydrogens (tertiary/aromatic N) is 2. The molecule has 0 saturated heterocycles. The summed E-state index contributed by atoms with van der Waals surface area (Å²) in [5.41, 5.74) is 1.32. The van der Waals surface area contributed by atoms with Gasteiger partial charge in [0, 0.05) is 36.9 Å². The minimum atomic E-state index is -0.296. The summed E-state index contributed by atoms with van der Waals surface area (Å²) in [6.07, 6.45) is 7.80. The Hall–Kier alpha value is -2.50. The molecule has 0 bridgehead atoms. The van der Waals surface area contributed by atoms with Crippen molar-refractivity contribution in [3.63, 3.8) is 0 Å². The number of hydrogen-bond acceptors (Lipinski definition) is 4. The van der Waals surface area contributed by atoms with Crippen molar-refractivity contribution in [3.05, 3.63) is 29.9 Å². The number of carbonyl (C=O) groups is 2. The second-order valence-electron chi connectivity index (χ2n) is 11.7. The van der Waals surface area contributed by atoms with Crippen molar-refractivity contribution in [2.24, 2.45) is 29.1 Å². The highest BCUT2D eigenvalue weighted by atomic mass is 16.3. The summed E-state index contributed by atoms with van der Waals surface area (Å²) in [6, 6.07) is 1.64. The van der Waals surface area contributed by atoms with Crippen LogP contribution in [0.15, 0.2) is 24.3 Å². The van der Waals surface area contributed by atoms with Gasteiger partial charge in [-0.15, -0.1) is 0 Å². The van der Waals surface area contributed by atoms with Crippen LogP contribution < -0.4 is 0 Å². The molecular weight excluding hydrogens is 428 g/mol. The van der Waals surface area contributed by atoms with E-state index >= 15 is 0 Å². The Labute approximate surface area is 205 Å². The number of aromatic hydroxyl groups is 2. The molecule has 6 heteroatoms. The molecule has 1 aliphatic heterocycles. The summed E-state index contributed by atoms with van der Waals surface area (Å²) in [6.45, 7) is 17.8. The summed E-state index contributed by atoms with van der Waals surface area (Å²) in [5, 5.41) is 21.5. The number of carbonyl (C=O) groups excluding carboxylic acids is 2. The Morgan fingerprint density at radius 3 is 2.15 bits per heavy atom. The van der Waals surface area contributed by atoms with Gasteiger partial charge in [0.15, 0.2) is 5.88 Å². The van der Waals surface area contributed by atoms with Gasteiger partial charge in [0.1, 0.15) is 0 Å². The highest BCUT2D eigenvalue weighted by Gasteiger charge is 2.32. The maximum absolute atomic E-state index is 11.9. The fourth-order valence-electron chi connectivity index (χ4n) is 5.51. The summed E-state index contributed by atoms with van der Waals surface area (Å²) in [7, 11) is 0. The quantitative estimate of drug-likeness (QED) is 0.366. The van der Waals surface area contributed by atoms with Crippen LogP contribution >= 0.6 is 0 Å². The third kappa shape index (κ3) is 7.51. The first-order valence-electron chi connectivity index (χ1n) is 12.5. The van der Waals surface area contributed by atoms with E-state index in [1.54, 1.807) is 10.6 Å². The van der Waals surface area contributed by atoms with E-state index in [4.69, 9.17) is 0 Å². The van der Waals surface area contributed by atoms with Crippen molar-refractivity contribution in [2.75, 3.05) is 6.54 Å². The molecule has 2 N–H and O–H groups in total. The Morgan fingerprint density at radius 2 is 1.59 bits per heavy atom. The summed E-state index contributed by atoms with van der Waals surface area (Å²) < 4.78 is 1.55. The first-order chi connectivity index (χ1) is 15.7. The van der Waals surface area contributed by atoms with E-state index in [0.717, 1.165) is 18.4 Å². The lowest BCUT2D eigenvalue weighted by atomic mass is 9.82. The van der Waals surface area contributed by atoms with E-state index in [9.17, 15) is 19.8 Å². The van der Waals surface area contributed by atoms with Crippen molar-refractivity contribution in [3.8, 4) is 11.8 Å². The first-order valence-corrected chi connectivity index (χ1v) is 12.5. The lowest BCUT2D eigenvalue weighted by molar-refractivity contribution is -0.138. The average molecular weight is 473 g/mol. The Morgan fingerprint density at radius 1 is 1.00 bits per heavy atom. The number of imide groups is 1. The Bertz CT molecular complexity index is 920. The van der Waals surface area contributed by atoms with Gasteiger partial charge in [0.05, 0.1) is 0 Å². The van der Waals surface area contributed by atoms with Gasteiger partial charge in [-0.2, -0.15) is 0 Å². The molecule has 190 valence electrons. The molecule has 0 spiro atoms. The van der Waals surface area contributed by atoms with E-state index in [0.29, 0.717) is 36.4 Å². The maximum Gasteiger partial charge on any atom is 0.253 e. The minimum absolute atomic E-state index is 0.0415. The molecule has 1 aromatic heterocycles. The summed E-state index contributed by atoms with van der Waals surface area (Å²) in [4.78, 5) is 25.1. The van der Waals surface area contributed by atoms with Crippen LogP contribution in [0, 0.1) is 29.1 Å². The number of amides is 2. The zero-order valence-corrected chi connectivity index (χ0v) is 22.3. The fourth-order valence-corrected chi connectivity index (χ4v) is 5.51. The first kappa shape index (κ1) is 27.7. The normalized spacial score (nSPS) is 17.7. The molecule has 3 atom stereocenters. The molecule has 1 aliphatic rings. The molecule has 0 saturated carbocycles. The van der Waals surface area contributed by atoms with Gasteiger partial charge in [-0.25, -0.2) is 0 Å². The van der Waals surface area contributed by atoms with Crippen molar-refractivity contribution >= 4 is 17.4 Å². The van der Waals surface area contributed by atoms with Crippen molar-refractivity contribution in [1.82, 2.24) is 9.47 Å². The largest absolute Gasteiger partial charge is 0.494 e. The highest BCUT2D eigenvalue weighted by Crippen LogP contribution is 2.36. The highest BCUT2D eigenvalue weighted by molar-refractivity contribution is 6.12. The van der Waals surface area contributed by atoms with E-state index in [-0.39, 0.29) is 34.9 Å². The predicted molar refractivity (Wildman–Crippen MR) is 137 cm³/mol. The maximum atomic E-state index is 11.9. The molecule has 6 nitrogen and oxygen atoms in total. The fraction of sp³-hybridized carbons (Fsp3) is 0.643. The number of rotatable bonds is 12. The second-order valence-corrected chi connectivity index (χ2v) is 11.7. The number of allylic oxidation sites excluding steroid dienone is 2. The molecule has 0 aromatic carbocycles. The average Bonchev–Trinajstić information content (AvgIpc) is 3.14. The van der Waals surface area contributed by atoms with Crippen LogP contribution in [0.3, 0.4) is 0 Å². The SMILES string of the molecule is CC(=CC(C)CC(C)CC(C)C)c1cc(O)n(CC(C)CC(C)(C)CN2C(=O)C=CC2=O)c1O. The van der Waals surface area contributed by atoms with Crippen molar-refractivity contribution in [2.45, 2.75) is 81.2 Å². The molecule has 34 heavy (non-hydrogen) atoms. The lowest BCUT2D eigenvalue weighted by Gasteiger charge is -2.31. The Balaban J connectivity index is 2.05. The molecular formula is C28H44N2O4. The molecule has 3 unspecified atom stereocenters. The van der Waals surface area contributed by atoms with Gasteiger partial charge in [0.25, 0.3) is 11.8 Å². The summed E-state index contributed by atoms with van der Waals surface area (Å²) in [5.74, 6) is 1.38. The molecule has 1 aromatic rings. The van der Waals surface area contributed by atoms with Crippen LogP contribution in [-0.2, 0) is 16.1 Å². The van der Waals surface area contributed by atoms with Crippen LogP contribution in [0.5, 0.6) is 11.8 Å². The van der Waals surface area contributed by atoms with Crippen LogP contribution in [-0.4, -0.2) is 38.0 Å². The van der Waals surface area contributed by atoms with Crippen LogP contribution in [0.1, 0.15) is 80.2 Å². The smallest absolute Gasteiger partial charge is 0.253 e. The van der Waals surface area contributed by atoms with E-state index in [1.165, 1.54) is 23.5 Å². The van der Waals surface area contributed by atoms with Gasteiger partial charge >= 0.3 is 0 Å². The molecule has 2 rings (SSSR count). The van der Waals surface area contributed by atoms with Gasteiger partial charge in [-0.3, -0.25) is 19.1 Å². The molecule has 2 heterocycles. The molecule has 2 amide bonds. The van der Waals surface area contributed by atoms with Gasteiger partial charge in [-0.1, -0.05) is 54.5 Å². The van der Waals surface area contributed by atoms with Gasteiger partial charge in [0.2, 0.25) is 5.88 Å². The molecule has 0 radical (unpaired) electrons. The van der Waals surface area contributed by atoms with Crippen molar-refractivity contribution in [1.29, 1.82) is 0 Å². The Kier molecular flexibility index (Phi) is 9.21. The third-order valence-electron chi connectivity index (χ3n) is 6.54. The molecule has 0 fully saturated rings. The van der Waals surface area contributed by atoms with Crippen molar-refractivity contribution < 1.29 is 19.8 Å². The van der Waals surface area contributed by atoms with Crippen LogP contribution in [0.4, 0.5) is 0 Å². The van der Waals surface area contributed by atoms with Gasteiger partial charge in [-0.05, 0) is 60.8 Å². The third-order valence-corrected chi connectivity index (χ3v) is 6.54. The second kappa shape index (κ2) is 11.3. The van der Waals surface area contributed by atoms with Crippen LogP contribution in [0.25, 0.3) is 5.57 Å². The minimum Gasteiger partial charge on any atom is -0.494 e. The van der Waals surface area contributed by atoms with Crippen LogP contribution in [0.2, 0.25) is 0 Å². The topological polar surface area (TPSA) is 82.8 Å². The lowest BCUT2D eigenvalue weighted by Crippen LogP contribution is -2.39. The number of hydrogen-bond donors (Lipinski definition) is 2. The van der Waals surface area contributed by atoms with Gasteiger partial charge < -0.3 is 10.2 Å².